The third-order valence-electron chi connectivity index (χ3n) is 4.10. The summed E-state index contributed by atoms with van der Waals surface area (Å²) in [6.07, 6.45) is 7.72. The average molecular weight is 246 g/mol. The fourth-order valence-corrected chi connectivity index (χ4v) is 3.05. The highest BCUT2D eigenvalue weighted by Gasteiger charge is 2.39. The quantitative estimate of drug-likeness (QED) is 0.479. The molecule has 1 saturated carbocycles. The molecule has 1 aliphatic carbocycles. The van der Waals surface area contributed by atoms with Crippen LogP contribution in [0, 0.1) is 0 Å². The Hall–Kier alpha value is -1.35. The zero-order chi connectivity index (χ0) is 12.8. The van der Waals surface area contributed by atoms with E-state index in [4.69, 9.17) is 5.84 Å². The highest BCUT2D eigenvalue weighted by molar-refractivity contribution is 5.87. The van der Waals surface area contributed by atoms with E-state index in [2.05, 4.69) is 17.6 Å². The molecular formula is C15H22N2O. The lowest BCUT2D eigenvalue weighted by atomic mass is 9.70. The minimum atomic E-state index is -0.420. The Morgan fingerprint density at radius 1 is 1.00 bits per heavy atom. The van der Waals surface area contributed by atoms with Gasteiger partial charge >= 0.3 is 0 Å². The van der Waals surface area contributed by atoms with Crippen LogP contribution in [-0.2, 0) is 10.2 Å². The highest BCUT2D eigenvalue weighted by atomic mass is 16.2. The first-order chi connectivity index (χ1) is 8.79. The monoisotopic (exact) mass is 246 g/mol. The number of benzene rings is 1. The van der Waals surface area contributed by atoms with Crippen LogP contribution in [0.25, 0.3) is 0 Å². The van der Waals surface area contributed by atoms with Crippen molar-refractivity contribution in [2.75, 3.05) is 0 Å². The molecule has 0 aromatic heterocycles. The molecule has 18 heavy (non-hydrogen) atoms. The molecule has 0 saturated heterocycles. The van der Waals surface area contributed by atoms with Crippen molar-refractivity contribution < 1.29 is 4.79 Å². The van der Waals surface area contributed by atoms with Gasteiger partial charge in [-0.2, -0.15) is 0 Å². The maximum Gasteiger partial charge on any atom is 0.244 e. The minimum absolute atomic E-state index is 0.0319. The summed E-state index contributed by atoms with van der Waals surface area (Å²) < 4.78 is 0. The Kier molecular flexibility index (Phi) is 4.37. The molecule has 3 nitrogen and oxygen atoms in total. The van der Waals surface area contributed by atoms with Crippen LogP contribution >= 0.6 is 0 Å². The maximum atomic E-state index is 12.3. The molecular weight excluding hydrogens is 224 g/mol. The van der Waals surface area contributed by atoms with Crippen molar-refractivity contribution in [2.24, 2.45) is 5.84 Å². The lowest BCUT2D eigenvalue weighted by Gasteiger charge is -2.34. The molecule has 1 amide bonds. The van der Waals surface area contributed by atoms with E-state index < -0.39 is 5.41 Å². The largest absolute Gasteiger partial charge is 0.293 e. The van der Waals surface area contributed by atoms with Gasteiger partial charge in [-0.3, -0.25) is 10.2 Å². The Balaban J connectivity index is 2.35. The number of hydrogen-bond acceptors (Lipinski definition) is 2. The maximum absolute atomic E-state index is 12.3. The molecule has 1 fully saturated rings. The van der Waals surface area contributed by atoms with E-state index in [1.807, 2.05) is 18.2 Å². The van der Waals surface area contributed by atoms with Gasteiger partial charge in [-0.25, -0.2) is 5.84 Å². The number of hydrogen-bond donors (Lipinski definition) is 2. The summed E-state index contributed by atoms with van der Waals surface area (Å²) in [7, 11) is 0. The molecule has 0 atom stereocenters. The molecule has 0 aliphatic heterocycles. The van der Waals surface area contributed by atoms with E-state index >= 15 is 0 Å². The second kappa shape index (κ2) is 6.01. The van der Waals surface area contributed by atoms with Crippen LogP contribution in [0.4, 0.5) is 0 Å². The normalized spacial score (nSPS) is 19.6. The molecule has 98 valence electrons. The second-order valence-corrected chi connectivity index (χ2v) is 5.19. The van der Waals surface area contributed by atoms with Crippen molar-refractivity contribution in [1.82, 2.24) is 5.43 Å². The van der Waals surface area contributed by atoms with Gasteiger partial charge < -0.3 is 0 Å². The van der Waals surface area contributed by atoms with Crippen LogP contribution in [0.1, 0.15) is 50.5 Å². The lowest BCUT2D eigenvalue weighted by Crippen LogP contribution is -2.47. The number of hydrazine groups is 1. The molecule has 3 heteroatoms. The summed E-state index contributed by atoms with van der Waals surface area (Å²) in [5.41, 5.74) is 3.07. The summed E-state index contributed by atoms with van der Waals surface area (Å²) in [4.78, 5) is 12.3. The Morgan fingerprint density at radius 2 is 1.56 bits per heavy atom. The number of nitrogens with one attached hydrogen (secondary N) is 1. The van der Waals surface area contributed by atoms with Crippen LogP contribution in [0.15, 0.2) is 30.3 Å². The van der Waals surface area contributed by atoms with Crippen molar-refractivity contribution in [1.29, 1.82) is 0 Å². The number of rotatable bonds is 2. The molecule has 1 aromatic carbocycles. The van der Waals surface area contributed by atoms with Crippen molar-refractivity contribution in [3.05, 3.63) is 35.9 Å². The minimum Gasteiger partial charge on any atom is -0.293 e. The average Bonchev–Trinajstić information content (AvgIpc) is 2.39. The van der Waals surface area contributed by atoms with Crippen LogP contribution in [-0.4, -0.2) is 5.91 Å². The molecule has 1 aliphatic rings. The molecule has 2 rings (SSSR count). The van der Waals surface area contributed by atoms with Gasteiger partial charge in [-0.15, -0.1) is 0 Å². The summed E-state index contributed by atoms with van der Waals surface area (Å²) in [5.74, 6) is 5.38. The standard InChI is InChI=1S/C15H22N2O/c16-17-14(18)15(13-9-5-4-6-10-13)11-7-2-1-3-8-12-15/h4-6,9-10H,1-3,7-8,11-12,16H2,(H,17,18). The number of carbonyl (C=O) groups is 1. The van der Waals surface area contributed by atoms with Crippen molar-refractivity contribution >= 4 is 5.91 Å². The summed E-state index contributed by atoms with van der Waals surface area (Å²) in [6, 6.07) is 10.1. The first-order valence-electron chi connectivity index (χ1n) is 6.86. The lowest BCUT2D eigenvalue weighted by molar-refractivity contribution is -0.127. The Bertz CT molecular complexity index is 381. The number of nitrogens with two attached hydrogens (primary N) is 1. The second-order valence-electron chi connectivity index (χ2n) is 5.19. The van der Waals surface area contributed by atoms with Crippen LogP contribution in [0.2, 0.25) is 0 Å². The van der Waals surface area contributed by atoms with Gasteiger partial charge in [0.15, 0.2) is 0 Å². The van der Waals surface area contributed by atoms with Crippen molar-refractivity contribution in [2.45, 2.75) is 50.4 Å². The van der Waals surface area contributed by atoms with E-state index in [0.717, 1.165) is 31.2 Å². The summed E-state index contributed by atoms with van der Waals surface area (Å²) in [5, 5.41) is 0. The van der Waals surface area contributed by atoms with Gasteiger partial charge in [0, 0.05) is 0 Å². The third-order valence-corrected chi connectivity index (χ3v) is 4.10. The fraction of sp³-hybridized carbons (Fsp3) is 0.533. The van der Waals surface area contributed by atoms with Crippen LogP contribution in [0.3, 0.4) is 0 Å². The molecule has 0 spiro atoms. The van der Waals surface area contributed by atoms with Crippen LogP contribution < -0.4 is 11.3 Å². The Labute approximate surface area is 109 Å². The van der Waals surface area contributed by atoms with Crippen molar-refractivity contribution in [3.63, 3.8) is 0 Å². The van der Waals surface area contributed by atoms with Gasteiger partial charge in [-0.1, -0.05) is 62.4 Å². The fourth-order valence-electron chi connectivity index (χ4n) is 3.05. The predicted molar refractivity (Wildman–Crippen MR) is 72.8 cm³/mol. The van der Waals surface area contributed by atoms with E-state index in [1.165, 1.54) is 19.3 Å². The van der Waals surface area contributed by atoms with Gasteiger partial charge in [0.25, 0.3) is 0 Å². The van der Waals surface area contributed by atoms with Crippen molar-refractivity contribution in [3.8, 4) is 0 Å². The molecule has 0 heterocycles. The summed E-state index contributed by atoms with van der Waals surface area (Å²) >= 11 is 0. The van der Waals surface area contributed by atoms with Gasteiger partial charge in [0.2, 0.25) is 5.91 Å². The van der Waals surface area contributed by atoms with Gasteiger partial charge in [-0.05, 0) is 18.4 Å². The van der Waals surface area contributed by atoms with E-state index in [0.29, 0.717) is 0 Å². The van der Waals surface area contributed by atoms with Gasteiger partial charge in [0.05, 0.1) is 5.41 Å². The SMILES string of the molecule is NNC(=O)C1(c2ccccc2)CCCCCCC1. The zero-order valence-corrected chi connectivity index (χ0v) is 10.8. The topological polar surface area (TPSA) is 55.1 Å². The molecule has 0 bridgehead atoms. The van der Waals surface area contributed by atoms with E-state index in [9.17, 15) is 4.79 Å². The zero-order valence-electron chi connectivity index (χ0n) is 10.8. The highest BCUT2D eigenvalue weighted by Crippen LogP contribution is 2.37. The van der Waals surface area contributed by atoms with Crippen LogP contribution in [0.5, 0.6) is 0 Å². The van der Waals surface area contributed by atoms with E-state index in [-0.39, 0.29) is 5.91 Å². The third kappa shape index (κ3) is 2.56. The number of carbonyl (C=O) groups excluding carboxylic acids is 1. The van der Waals surface area contributed by atoms with E-state index in [1.54, 1.807) is 0 Å². The molecule has 3 N–H and O–H groups in total. The Morgan fingerprint density at radius 3 is 2.11 bits per heavy atom. The first kappa shape index (κ1) is 13.1. The first-order valence-corrected chi connectivity index (χ1v) is 6.86. The van der Waals surface area contributed by atoms with Gasteiger partial charge in [0.1, 0.15) is 0 Å². The molecule has 0 radical (unpaired) electrons. The molecule has 1 aromatic rings. The predicted octanol–water partition coefficient (Wildman–Crippen LogP) is 2.66. The smallest absolute Gasteiger partial charge is 0.244 e. The molecule has 0 unspecified atom stereocenters. The number of amides is 1. The summed E-state index contributed by atoms with van der Waals surface area (Å²) in [6.45, 7) is 0.